The van der Waals surface area contributed by atoms with Crippen LogP contribution in [0.5, 0.6) is 0 Å². The van der Waals surface area contributed by atoms with Gasteiger partial charge in [0.1, 0.15) is 0 Å². The number of ether oxygens (including phenoxy) is 1. The van der Waals surface area contributed by atoms with Gasteiger partial charge in [0, 0.05) is 0 Å². The number of hydrogen-bond donors (Lipinski definition) is 0. The smallest absolute Gasteiger partial charge is 0.0873 e. The topological polar surface area (TPSA) is 9.23 Å². The van der Waals surface area contributed by atoms with Gasteiger partial charge in [-0.2, -0.15) is 0 Å². The molecule has 0 heterocycles. The van der Waals surface area contributed by atoms with Crippen molar-refractivity contribution in [2.24, 2.45) is 0 Å². The van der Waals surface area contributed by atoms with E-state index >= 15 is 0 Å². The van der Waals surface area contributed by atoms with Gasteiger partial charge in [-0.3, -0.25) is 0 Å². The highest BCUT2D eigenvalue weighted by atomic mass is 16.5. The molecule has 1 nitrogen and oxygen atoms in total. The molecule has 0 aliphatic carbocycles. The Kier molecular flexibility index (Phi) is 8.67. The van der Waals surface area contributed by atoms with Crippen molar-refractivity contribution in [2.45, 2.75) is 32.6 Å². The summed E-state index contributed by atoms with van der Waals surface area (Å²) < 4.78 is 4.99. The maximum absolute atomic E-state index is 4.99. The summed E-state index contributed by atoms with van der Waals surface area (Å²) in [6.07, 6.45) is 10.7. The highest BCUT2D eigenvalue weighted by Gasteiger charge is 1.85. The molecule has 0 aliphatic heterocycles. The lowest BCUT2D eigenvalue weighted by atomic mass is 10.2. The molecule has 1 heteroatoms. The first kappa shape index (κ1) is 10.3. The van der Waals surface area contributed by atoms with Crippen LogP contribution in [0.3, 0.4) is 0 Å². The Morgan fingerprint density at radius 1 is 1.27 bits per heavy atom. The minimum atomic E-state index is 0.819. The van der Waals surface area contributed by atoms with Crippen molar-refractivity contribution in [3.05, 3.63) is 25.0 Å². The average molecular weight is 154 g/mol. The zero-order valence-electron chi connectivity index (χ0n) is 7.38. The number of allylic oxidation sites excluding steroid dienone is 2. The summed E-state index contributed by atoms with van der Waals surface area (Å²) in [6, 6.07) is 0. The number of rotatable bonds is 7. The molecule has 0 rings (SSSR count). The van der Waals surface area contributed by atoms with Crippen LogP contribution in [-0.2, 0) is 4.74 Å². The van der Waals surface area contributed by atoms with Crippen molar-refractivity contribution in [2.75, 3.05) is 6.61 Å². The molecule has 0 aromatic carbocycles. The Bertz CT molecular complexity index is 105. The number of unbranched alkanes of at least 4 members (excludes halogenated alkanes) is 3. The van der Waals surface area contributed by atoms with Crippen molar-refractivity contribution in [1.82, 2.24) is 0 Å². The van der Waals surface area contributed by atoms with Gasteiger partial charge in [0.25, 0.3) is 0 Å². The Morgan fingerprint density at radius 3 is 2.73 bits per heavy atom. The zero-order chi connectivity index (χ0) is 8.36. The third-order valence-electron chi connectivity index (χ3n) is 1.49. The van der Waals surface area contributed by atoms with E-state index < -0.39 is 0 Å². The highest BCUT2D eigenvalue weighted by molar-refractivity contribution is 4.76. The van der Waals surface area contributed by atoms with E-state index in [0.29, 0.717) is 0 Å². The van der Waals surface area contributed by atoms with Crippen LogP contribution in [0.25, 0.3) is 0 Å². The molecule has 0 aromatic rings. The van der Waals surface area contributed by atoms with Gasteiger partial charge in [-0.05, 0) is 32.6 Å². The monoisotopic (exact) mass is 154 g/mol. The van der Waals surface area contributed by atoms with Crippen molar-refractivity contribution < 1.29 is 4.74 Å². The van der Waals surface area contributed by atoms with Gasteiger partial charge < -0.3 is 4.74 Å². The van der Waals surface area contributed by atoms with E-state index in [-0.39, 0.29) is 0 Å². The standard InChI is InChI=1S/C10H18O/c1-3-5-6-7-8-9-10-11-4-2/h3-5H,2,6-10H2,1H3/b5-3+. The fourth-order valence-corrected chi connectivity index (χ4v) is 0.874. The van der Waals surface area contributed by atoms with Crippen molar-refractivity contribution in [3.63, 3.8) is 0 Å². The van der Waals surface area contributed by atoms with E-state index in [1.807, 2.05) is 0 Å². The molecule has 0 bridgehead atoms. The van der Waals surface area contributed by atoms with E-state index in [1.54, 1.807) is 0 Å². The van der Waals surface area contributed by atoms with Gasteiger partial charge in [0.2, 0.25) is 0 Å². The summed E-state index contributed by atoms with van der Waals surface area (Å²) in [5.74, 6) is 0. The maximum atomic E-state index is 4.99. The Balaban J connectivity index is 2.84. The summed E-state index contributed by atoms with van der Waals surface area (Å²) in [5, 5.41) is 0. The molecule has 0 saturated heterocycles. The molecular weight excluding hydrogens is 136 g/mol. The molecular formula is C10H18O. The van der Waals surface area contributed by atoms with Crippen LogP contribution < -0.4 is 0 Å². The first-order valence-electron chi connectivity index (χ1n) is 4.25. The quantitative estimate of drug-likeness (QED) is 0.310. The summed E-state index contributed by atoms with van der Waals surface area (Å²) >= 11 is 0. The van der Waals surface area contributed by atoms with Gasteiger partial charge in [-0.25, -0.2) is 0 Å². The summed E-state index contributed by atoms with van der Waals surface area (Å²) in [4.78, 5) is 0. The van der Waals surface area contributed by atoms with Crippen LogP contribution in [0.2, 0.25) is 0 Å². The molecule has 11 heavy (non-hydrogen) atoms. The SMILES string of the molecule is C=COCCCCC/C=C/C. The van der Waals surface area contributed by atoms with Crippen LogP contribution >= 0.6 is 0 Å². The predicted octanol–water partition coefficient (Wildman–Crippen LogP) is 3.28. The van der Waals surface area contributed by atoms with Gasteiger partial charge in [-0.15, -0.1) is 0 Å². The normalized spacial score (nSPS) is 10.3. The molecule has 64 valence electrons. The maximum Gasteiger partial charge on any atom is 0.0873 e. The summed E-state index contributed by atoms with van der Waals surface area (Å²) in [7, 11) is 0. The van der Waals surface area contributed by atoms with E-state index in [1.165, 1.54) is 25.5 Å². The van der Waals surface area contributed by atoms with Crippen molar-refractivity contribution in [3.8, 4) is 0 Å². The third kappa shape index (κ3) is 9.28. The fraction of sp³-hybridized carbons (Fsp3) is 0.600. The Morgan fingerprint density at radius 2 is 2.09 bits per heavy atom. The van der Waals surface area contributed by atoms with Gasteiger partial charge in [0.05, 0.1) is 12.9 Å². The largest absolute Gasteiger partial charge is 0.502 e. The molecule has 0 atom stereocenters. The highest BCUT2D eigenvalue weighted by Crippen LogP contribution is 2.00. The van der Waals surface area contributed by atoms with Crippen LogP contribution in [0.1, 0.15) is 32.6 Å². The van der Waals surface area contributed by atoms with Crippen LogP contribution in [0, 0.1) is 0 Å². The molecule has 0 amide bonds. The lowest BCUT2D eigenvalue weighted by molar-refractivity contribution is 0.242. The second-order valence-electron chi connectivity index (χ2n) is 2.46. The van der Waals surface area contributed by atoms with Crippen molar-refractivity contribution >= 4 is 0 Å². The van der Waals surface area contributed by atoms with Crippen LogP contribution in [0.4, 0.5) is 0 Å². The first-order valence-corrected chi connectivity index (χ1v) is 4.25. The molecule has 0 N–H and O–H groups in total. The van der Waals surface area contributed by atoms with Crippen molar-refractivity contribution in [1.29, 1.82) is 0 Å². The lowest BCUT2D eigenvalue weighted by Gasteiger charge is -1.98. The molecule has 0 radical (unpaired) electrons. The van der Waals surface area contributed by atoms with E-state index in [2.05, 4.69) is 25.7 Å². The zero-order valence-corrected chi connectivity index (χ0v) is 7.38. The minimum Gasteiger partial charge on any atom is -0.502 e. The number of hydrogen-bond acceptors (Lipinski definition) is 1. The van der Waals surface area contributed by atoms with Crippen LogP contribution in [-0.4, -0.2) is 6.61 Å². The molecule has 0 saturated carbocycles. The van der Waals surface area contributed by atoms with Gasteiger partial charge in [0.15, 0.2) is 0 Å². The lowest BCUT2D eigenvalue weighted by Crippen LogP contribution is -1.86. The van der Waals surface area contributed by atoms with Gasteiger partial charge >= 0.3 is 0 Å². The first-order chi connectivity index (χ1) is 5.41. The predicted molar refractivity (Wildman–Crippen MR) is 49.4 cm³/mol. The van der Waals surface area contributed by atoms with E-state index in [0.717, 1.165) is 13.0 Å². The molecule has 0 fully saturated rings. The van der Waals surface area contributed by atoms with Gasteiger partial charge in [-0.1, -0.05) is 18.7 Å². The molecule has 0 aromatic heterocycles. The third-order valence-corrected chi connectivity index (χ3v) is 1.49. The molecule has 0 aliphatic rings. The average Bonchev–Trinajstić information content (AvgIpc) is 2.03. The molecule has 0 spiro atoms. The fourth-order valence-electron chi connectivity index (χ4n) is 0.874. The van der Waals surface area contributed by atoms with Crippen LogP contribution in [0.15, 0.2) is 25.0 Å². The summed E-state index contributed by atoms with van der Waals surface area (Å²) in [5.41, 5.74) is 0. The Hall–Kier alpha value is -0.720. The minimum absolute atomic E-state index is 0.819. The second kappa shape index (κ2) is 9.28. The van der Waals surface area contributed by atoms with E-state index in [9.17, 15) is 0 Å². The van der Waals surface area contributed by atoms with E-state index in [4.69, 9.17) is 4.74 Å². The second-order valence-corrected chi connectivity index (χ2v) is 2.46. The summed E-state index contributed by atoms with van der Waals surface area (Å²) in [6.45, 7) is 6.35. The Labute approximate surface area is 69.8 Å². The molecule has 0 unspecified atom stereocenters.